The van der Waals surface area contributed by atoms with Crippen LogP contribution in [0.3, 0.4) is 0 Å². The SMILES string of the molecule is Cc1cccc(C[C@H](NC(=O)C(F)(F)F)C(=O)O)c1. The number of carboxylic acid groups (broad SMARTS) is 1. The minimum absolute atomic E-state index is 0.209. The van der Waals surface area contributed by atoms with Crippen molar-refractivity contribution in [3.8, 4) is 0 Å². The molecule has 1 atom stereocenters. The van der Waals surface area contributed by atoms with Crippen LogP contribution in [0.2, 0.25) is 0 Å². The molecule has 0 aliphatic heterocycles. The zero-order valence-corrected chi connectivity index (χ0v) is 9.99. The third-order valence-electron chi connectivity index (χ3n) is 2.38. The van der Waals surface area contributed by atoms with Crippen molar-refractivity contribution in [1.82, 2.24) is 5.32 Å². The van der Waals surface area contributed by atoms with Crippen LogP contribution < -0.4 is 5.32 Å². The predicted octanol–water partition coefficient (Wildman–Crippen LogP) is 1.67. The standard InChI is InChI=1S/C12H12F3NO3/c1-7-3-2-4-8(5-7)6-9(10(17)18)16-11(19)12(13,14)15/h2-5,9H,6H2,1H3,(H,16,19)(H,17,18)/t9-/m0/s1. The normalized spacial score (nSPS) is 12.8. The number of halogens is 3. The number of alkyl halides is 3. The zero-order valence-electron chi connectivity index (χ0n) is 9.99. The molecule has 0 aliphatic carbocycles. The highest BCUT2D eigenvalue weighted by Crippen LogP contribution is 2.15. The van der Waals surface area contributed by atoms with Crippen LogP contribution in [0, 0.1) is 6.92 Å². The Morgan fingerprint density at radius 3 is 2.47 bits per heavy atom. The Labute approximate surface area is 107 Å². The molecule has 0 saturated carbocycles. The van der Waals surface area contributed by atoms with Crippen molar-refractivity contribution in [1.29, 1.82) is 0 Å². The molecule has 4 nitrogen and oxygen atoms in total. The molecule has 1 aromatic rings. The third-order valence-corrected chi connectivity index (χ3v) is 2.38. The van der Waals surface area contributed by atoms with Crippen molar-refractivity contribution >= 4 is 11.9 Å². The number of carbonyl (C=O) groups is 2. The average molecular weight is 275 g/mol. The van der Waals surface area contributed by atoms with Gasteiger partial charge in [-0.2, -0.15) is 13.2 Å². The topological polar surface area (TPSA) is 66.4 Å². The minimum atomic E-state index is -5.10. The number of rotatable bonds is 4. The Bertz CT molecular complexity index is 485. The van der Waals surface area contributed by atoms with Crippen molar-refractivity contribution in [3.63, 3.8) is 0 Å². The van der Waals surface area contributed by atoms with Gasteiger partial charge in [-0.1, -0.05) is 29.8 Å². The highest BCUT2D eigenvalue weighted by atomic mass is 19.4. The summed E-state index contributed by atoms with van der Waals surface area (Å²) in [6, 6.07) is 5.05. The molecular formula is C12H12F3NO3. The first-order valence-corrected chi connectivity index (χ1v) is 5.36. The largest absolute Gasteiger partial charge is 0.480 e. The van der Waals surface area contributed by atoms with Gasteiger partial charge in [0, 0.05) is 6.42 Å². The molecule has 0 radical (unpaired) electrons. The van der Waals surface area contributed by atoms with Gasteiger partial charge in [0.2, 0.25) is 0 Å². The van der Waals surface area contributed by atoms with Crippen molar-refractivity contribution in [2.75, 3.05) is 0 Å². The van der Waals surface area contributed by atoms with Crippen LogP contribution >= 0.6 is 0 Å². The van der Waals surface area contributed by atoms with E-state index >= 15 is 0 Å². The smallest absolute Gasteiger partial charge is 0.471 e. The highest BCUT2D eigenvalue weighted by molar-refractivity contribution is 5.87. The average Bonchev–Trinajstić information content (AvgIpc) is 2.26. The summed E-state index contributed by atoms with van der Waals surface area (Å²) >= 11 is 0. The maximum Gasteiger partial charge on any atom is 0.471 e. The molecule has 7 heteroatoms. The number of aliphatic carboxylic acids is 1. The predicted molar refractivity (Wildman–Crippen MR) is 60.5 cm³/mol. The molecule has 0 aliphatic rings. The first kappa shape index (κ1) is 15.0. The van der Waals surface area contributed by atoms with Crippen molar-refractivity contribution in [3.05, 3.63) is 35.4 Å². The van der Waals surface area contributed by atoms with Gasteiger partial charge in [-0.25, -0.2) is 4.79 Å². The lowest BCUT2D eigenvalue weighted by molar-refractivity contribution is -0.175. The van der Waals surface area contributed by atoms with Crippen LogP contribution in [0.25, 0.3) is 0 Å². The van der Waals surface area contributed by atoms with Crippen LogP contribution in [0.5, 0.6) is 0 Å². The van der Waals surface area contributed by atoms with E-state index in [1.165, 1.54) is 5.32 Å². The lowest BCUT2D eigenvalue weighted by Gasteiger charge is -2.16. The minimum Gasteiger partial charge on any atom is -0.480 e. The van der Waals surface area contributed by atoms with Gasteiger partial charge in [-0.05, 0) is 12.5 Å². The fourth-order valence-electron chi connectivity index (χ4n) is 1.51. The number of carboxylic acids is 1. The molecule has 19 heavy (non-hydrogen) atoms. The molecule has 1 rings (SSSR count). The number of carbonyl (C=O) groups excluding carboxylic acids is 1. The molecule has 0 bridgehead atoms. The molecular weight excluding hydrogens is 263 g/mol. The van der Waals surface area contributed by atoms with E-state index < -0.39 is 24.1 Å². The fourth-order valence-corrected chi connectivity index (χ4v) is 1.51. The van der Waals surface area contributed by atoms with Crippen LogP contribution in [0.1, 0.15) is 11.1 Å². The summed E-state index contributed by atoms with van der Waals surface area (Å²) in [5.74, 6) is -3.77. The first-order chi connectivity index (χ1) is 8.70. The summed E-state index contributed by atoms with van der Waals surface area (Å²) in [5, 5.41) is 10.3. The van der Waals surface area contributed by atoms with Gasteiger partial charge in [-0.3, -0.25) is 4.79 Å². The molecule has 0 fully saturated rings. The monoisotopic (exact) mass is 275 g/mol. The molecule has 1 aromatic carbocycles. The summed E-state index contributed by atoms with van der Waals surface area (Å²) in [6.45, 7) is 1.77. The molecule has 0 heterocycles. The van der Waals surface area contributed by atoms with E-state index in [2.05, 4.69) is 0 Å². The number of aryl methyl sites for hydroxylation is 1. The Balaban J connectivity index is 2.80. The molecule has 1 amide bonds. The maximum absolute atomic E-state index is 12.1. The highest BCUT2D eigenvalue weighted by Gasteiger charge is 2.40. The van der Waals surface area contributed by atoms with E-state index in [0.717, 1.165) is 5.56 Å². The molecule has 0 saturated heterocycles. The van der Waals surface area contributed by atoms with E-state index in [9.17, 15) is 22.8 Å². The van der Waals surface area contributed by atoms with E-state index in [-0.39, 0.29) is 6.42 Å². The Morgan fingerprint density at radius 2 is 2.00 bits per heavy atom. The molecule has 0 spiro atoms. The van der Waals surface area contributed by atoms with E-state index in [4.69, 9.17) is 5.11 Å². The fraction of sp³-hybridized carbons (Fsp3) is 0.333. The van der Waals surface area contributed by atoms with E-state index in [1.54, 1.807) is 31.2 Å². The Kier molecular flexibility index (Phi) is 4.52. The van der Waals surface area contributed by atoms with Crippen LogP contribution in [-0.4, -0.2) is 29.2 Å². The Morgan fingerprint density at radius 1 is 1.37 bits per heavy atom. The number of amides is 1. The Hall–Kier alpha value is -2.05. The van der Waals surface area contributed by atoms with E-state index in [0.29, 0.717) is 5.56 Å². The van der Waals surface area contributed by atoms with Gasteiger partial charge in [0.25, 0.3) is 0 Å². The van der Waals surface area contributed by atoms with Crippen LogP contribution in [-0.2, 0) is 16.0 Å². The lowest BCUT2D eigenvalue weighted by atomic mass is 10.0. The molecule has 0 unspecified atom stereocenters. The lowest BCUT2D eigenvalue weighted by Crippen LogP contribution is -2.47. The van der Waals surface area contributed by atoms with Crippen LogP contribution in [0.15, 0.2) is 24.3 Å². The van der Waals surface area contributed by atoms with E-state index in [1.807, 2.05) is 0 Å². The van der Waals surface area contributed by atoms with Crippen molar-refractivity contribution in [2.24, 2.45) is 0 Å². The van der Waals surface area contributed by atoms with Crippen molar-refractivity contribution < 1.29 is 27.9 Å². The van der Waals surface area contributed by atoms with Crippen molar-refractivity contribution in [2.45, 2.75) is 25.6 Å². The summed E-state index contributed by atoms with van der Waals surface area (Å²) in [6.07, 6.45) is -5.31. The molecule has 104 valence electrons. The van der Waals surface area contributed by atoms with Gasteiger partial charge >= 0.3 is 18.1 Å². The zero-order chi connectivity index (χ0) is 14.6. The molecule has 2 N–H and O–H groups in total. The first-order valence-electron chi connectivity index (χ1n) is 5.36. The summed E-state index contributed by atoms with van der Waals surface area (Å²) in [4.78, 5) is 21.6. The van der Waals surface area contributed by atoms with Gasteiger partial charge in [0.05, 0.1) is 0 Å². The van der Waals surface area contributed by atoms with Gasteiger partial charge in [-0.15, -0.1) is 0 Å². The summed E-state index contributed by atoms with van der Waals surface area (Å²) in [7, 11) is 0. The third kappa shape index (κ3) is 4.61. The molecule has 0 aromatic heterocycles. The number of nitrogens with one attached hydrogen (secondary N) is 1. The second kappa shape index (κ2) is 5.73. The number of hydrogen-bond acceptors (Lipinski definition) is 2. The number of benzene rings is 1. The summed E-state index contributed by atoms with van der Waals surface area (Å²) < 4.78 is 36.2. The van der Waals surface area contributed by atoms with Gasteiger partial charge in [0.15, 0.2) is 0 Å². The van der Waals surface area contributed by atoms with Crippen LogP contribution in [0.4, 0.5) is 13.2 Å². The second-order valence-electron chi connectivity index (χ2n) is 4.06. The quantitative estimate of drug-likeness (QED) is 0.878. The second-order valence-corrected chi connectivity index (χ2v) is 4.06. The summed E-state index contributed by atoms with van der Waals surface area (Å²) in [5.41, 5.74) is 1.39. The maximum atomic E-state index is 12.1. The van der Waals surface area contributed by atoms with Gasteiger partial charge < -0.3 is 10.4 Å². The van der Waals surface area contributed by atoms with Gasteiger partial charge in [0.1, 0.15) is 6.04 Å². The number of hydrogen-bond donors (Lipinski definition) is 2.